The number of anilines is 1. The van der Waals surface area contributed by atoms with Crippen LogP contribution in [0.15, 0.2) is 54.6 Å². The number of nitrogen functional groups attached to an aromatic ring is 1. The first-order chi connectivity index (χ1) is 10.6. The van der Waals surface area contributed by atoms with E-state index >= 15 is 0 Å². The maximum absolute atomic E-state index is 11.3. The first-order valence-corrected chi connectivity index (χ1v) is 7.11. The summed E-state index contributed by atoms with van der Waals surface area (Å²) in [5.41, 5.74) is 7.93. The molecule has 0 saturated heterocycles. The summed E-state index contributed by atoms with van der Waals surface area (Å²) in [4.78, 5) is 12.6. The van der Waals surface area contributed by atoms with E-state index in [4.69, 9.17) is 5.73 Å². The van der Waals surface area contributed by atoms with E-state index in [1.807, 2.05) is 30.3 Å². The molecule has 116 valence electrons. The lowest BCUT2D eigenvalue weighted by molar-refractivity contribution is 0.0973. The van der Waals surface area contributed by atoms with Crippen molar-refractivity contribution in [3.05, 3.63) is 65.7 Å². The van der Waals surface area contributed by atoms with Crippen molar-refractivity contribution in [3.63, 3.8) is 0 Å². The molecular formula is C17H20N2O3. The first kappa shape index (κ1) is 15.9. The summed E-state index contributed by atoms with van der Waals surface area (Å²) in [7, 11) is 0. The van der Waals surface area contributed by atoms with Crippen LogP contribution in [0.1, 0.15) is 17.2 Å². The Morgan fingerprint density at radius 2 is 1.73 bits per heavy atom. The van der Waals surface area contributed by atoms with E-state index in [0.29, 0.717) is 24.2 Å². The van der Waals surface area contributed by atoms with Crippen LogP contribution in [-0.4, -0.2) is 34.3 Å². The molecule has 0 radical (unpaired) electrons. The summed E-state index contributed by atoms with van der Waals surface area (Å²) in [6, 6.07) is 16.5. The smallest absolute Gasteiger partial charge is 0.407 e. The van der Waals surface area contributed by atoms with Gasteiger partial charge in [-0.15, -0.1) is 0 Å². The number of amides is 1. The Hall–Kier alpha value is -2.53. The molecule has 2 rings (SSSR count). The van der Waals surface area contributed by atoms with E-state index in [0.717, 1.165) is 5.56 Å². The number of aliphatic hydroxyl groups excluding tert-OH is 1. The van der Waals surface area contributed by atoms with Gasteiger partial charge in [0.25, 0.3) is 0 Å². The van der Waals surface area contributed by atoms with Crippen LogP contribution in [0.4, 0.5) is 10.5 Å². The third-order valence-electron chi connectivity index (χ3n) is 3.50. The number of hydrogen-bond acceptors (Lipinski definition) is 3. The Morgan fingerprint density at radius 3 is 2.32 bits per heavy atom. The number of aliphatic hydroxyl groups is 1. The van der Waals surface area contributed by atoms with Crippen molar-refractivity contribution < 1.29 is 15.0 Å². The van der Waals surface area contributed by atoms with Gasteiger partial charge in [-0.1, -0.05) is 42.5 Å². The molecule has 0 unspecified atom stereocenters. The Labute approximate surface area is 129 Å². The zero-order valence-electron chi connectivity index (χ0n) is 12.2. The second kappa shape index (κ2) is 7.47. The van der Waals surface area contributed by atoms with Crippen LogP contribution in [-0.2, 0) is 6.42 Å². The summed E-state index contributed by atoms with van der Waals surface area (Å²) in [5.74, 6) is 0. The first-order valence-electron chi connectivity index (χ1n) is 7.11. The maximum Gasteiger partial charge on any atom is 0.407 e. The number of carboxylic acid groups (broad SMARTS) is 1. The SMILES string of the molecule is Nc1ccc([C@@H](O)CN(CCc2ccccc2)C(=O)O)cc1. The van der Waals surface area contributed by atoms with Crippen LogP contribution < -0.4 is 5.73 Å². The van der Waals surface area contributed by atoms with Crippen LogP contribution in [0.25, 0.3) is 0 Å². The summed E-state index contributed by atoms with van der Waals surface area (Å²) < 4.78 is 0. The highest BCUT2D eigenvalue weighted by Gasteiger charge is 2.17. The van der Waals surface area contributed by atoms with Gasteiger partial charge in [-0.25, -0.2) is 4.79 Å². The van der Waals surface area contributed by atoms with E-state index in [-0.39, 0.29) is 6.54 Å². The zero-order valence-corrected chi connectivity index (χ0v) is 12.2. The summed E-state index contributed by atoms with van der Waals surface area (Å²) in [6.07, 6.45) is -1.29. The highest BCUT2D eigenvalue weighted by Crippen LogP contribution is 2.16. The summed E-state index contributed by atoms with van der Waals surface area (Å²) >= 11 is 0. The van der Waals surface area contributed by atoms with Gasteiger partial charge < -0.3 is 20.8 Å². The van der Waals surface area contributed by atoms with Crippen LogP contribution in [0.2, 0.25) is 0 Å². The quantitative estimate of drug-likeness (QED) is 0.715. The average molecular weight is 300 g/mol. The average Bonchev–Trinajstić information content (AvgIpc) is 2.52. The monoisotopic (exact) mass is 300 g/mol. The molecule has 0 saturated carbocycles. The van der Waals surface area contributed by atoms with Crippen molar-refractivity contribution in [1.82, 2.24) is 4.90 Å². The maximum atomic E-state index is 11.3. The number of benzene rings is 2. The molecule has 2 aromatic rings. The minimum Gasteiger partial charge on any atom is -0.465 e. The molecule has 0 spiro atoms. The predicted octanol–water partition coefficient (Wildman–Crippen LogP) is 2.52. The molecule has 22 heavy (non-hydrogen) atoms. The van der Waals surface area contributed by atoms with Gasteiger partial charge >= 0.3 is 6.09 Å². The summed E-state index contributed by atoms with van der Waals surface area (Å²) in [5, 5.41) is 19.5. The van der Waals surface area contributed by atoms with E-state index in [2.05, 4.69) is 0 Å². The molecule has 0 aromatic heterocycles. The van der Waals surface area contributed by atoms with Gasteiger partial charge in [-0.3, -0.25) is 0 Å². The Morgan fingerprint density at radius 1 is 1.09 bits per heavy atom. The van der Waals surface area contributed by atoms with Crippen LogP contribution in [0.5, 0.6) is 0 Å². The van der Waals surface area contributed by atoms with Gasteiger partial charge in [-0.2, -0.15) is 0 Å². The molecule has 0 bridgehead atoms. The molecule has 0 aliphatic rings. The lowest BCUT2D eigenvalue weighted by atomic mass is 10.1. The fourth-order valence-corrected chi connectivity index (χ4v) is 2.21. The molecule has 5 nitrogen and oxygen atoms in total. The van der Waals surface area contributed by atoms with Gasteiger partial charge in [0.2, 0.25) is 0 Å². The Kier molecular flexibility index (Phi) is 5.38. The van der Waals surface area contributed by atoms with Gasteiger partial charge in [0.05, 0.1) is 12.6 Å². The second-order valence-electron chi connectivity index (χ2n) is 5.15. The second-order valence-corrected chi connectivity index (χ2v) is 5.15. The van der Waals surface area contributed by atoms with Crippen LogP contribution in [0, 0.1) is 0 Å². The topological polar surface area (TPSA) is 86.8 Å². The molecule has 0 aliphatic carbocycles. The molecule has 0 fully saturated rings. The third kappa shape index (κ3) is 4.49. The minimum absolute atomic E-state index is 0.0338. The lowest BCUT2D eigenvalue weighted by Gasteiger charge is -2.22. The van der Waals surface area contributed by atoms with Crippen molar-refractivity contribution >= 4 is 11.8 Å². The molecule has 0 aliphatic heterocycles. The number of rotatable bonds is 6. The Bertz CT molecular complexity index is 599. The van der Waals surface area contributed by atoms with Crippen molar-refractivity contribution in [2.75, 3.05) is 18.8 Å². The van der Waals surface area contributed by atoms with Crippen molar-refractivity contribution in [2.24, 2.45) is 0 Å². The Balaban J connectivity index is 1.96. The fourth-order valence-electron chi connectivity index (χ4n) is 2.21. The third-order valence-corrected chi connectivity index (χ3v) is 3.50. The van der Waals surface area contributed by atoms with Gasteiger partial charge in [-0.05, 0) is 29.7 Å². The fraction of sp³-hybridized carbons (Fsp3) is 0.235. The molecule has 5 heteroatoms. The van der Waals surface area contributed by atoms with Gasteiger partial charge in [0.1, 0.15) is 0 Å². The van der Waals surface area contributed by atoms with E-state index in [1.165, 1.54) is 4.90 Å². The lowest BCUT2D eigenvalue weighted by Crippen LogP contribution is -2.35. The van der Waals surface area contributed by atoms with Crippen LogP contribution >= 0.6 is 0 Å². The number of hydrogen-bond donors (Lipinski definition) is 3. The van der Waals surface area contributed by atoms with Crippen molar-refractivity contribution in [3.8, 4) is 0 Å². The standard InChI is InChI=1S/C17H20N2O3/c18-15-8-6-14(7-9-15)16(20)12-19(17(21)22)11-10-13-4-2-1-3-5-13/h1-9,16,20H,10-12,18H2,(H,21,22)/t16-/m0/s1. The normalized spacial score (nSPS) is 11.9. The summed E-state index contributed by atoms with van der Waals surface area (Å²) in [6.45, 7) is 0.372. The highest BCUT2D eigenvalue weighted by atomic mass is 16.4. The molecular weight excluding hydrogens is 280 g/mol. The molecule has 1 amide bonds. The zero-order chi connectivity index (χ0) is 15.9. The van der Waals surface area contributed by atoms with Crippen molar-refractivity contribution in [1.29, 1.82) is 0 Å². The number of nitrogens with two attached hydrogens (primary N) is 1. The molecule has 2 aromatic carbocycles. The molecule has 4 N–H and O–H groups in total. The van der Waals surface area contributed by atoms with Gasteiger partial charge in [0, 0.05) is 12.2 Å². The van der Waals surface area contributed by atoms with Crippen molar-refractivity contribution in [2.45, 2.75) is 12.5 Å². The number of nitrogens with zero attached hydrogens (tertiary/aromatic N) is 1. The molecule has 0 heterocycles. The van der Waals surface area contributed by atoms with Gasteiger partial charge in [0.15, 0.2) is 0 Å². The minimum atomic E-state index is -1.04. The predicted molar refractivity (Wildman–Crippen MR) is 85.6 cm³/mol. The molecule has 1 atom stereocenters. The number of carbonyl (C=O) groups is 1. The van der Waals surface area contributed by atoms with E-state index < -0.39 is 12.2 Å². The largest absolute Gasteiger partial charge is 0.465 e. The van der Waals surface area contributed by atoms with Crippen LogP contribution in [0.3, 0.4) is 0 Å². The van der Waals surface area contributed by atoms with E-state index in [9.17, 15) is 15.0 Å². The van der Waals surface area contributed by atoms with E-state index in [1.54, 1.807) is 24.3 Å². The highest BCUT2D eigenvalue weighted by molar-refractivity contribution is 5.65.